The van der Waals surface area contributed by atoms with Gasteiger partial charge in [0.05, 0.1) is 0 Å². The second kappa shape index (κ2) is 4.71. The second-order valence-electron chi connectivity index (χ2n) is 3.82. The summed E-state index contributed by atoms with van der Waals surface area (Å²) in [4.78, 5) is 21.5. The molecule has 1 aliphatic rings. The normalized spacial score (nSPS) is 19.5. The molecule has 1 fully saturated rings. The third-order valence-electron chi connectivity index (χ3n) is 2.77. The molecule has 1 amide bonds. The van der Waals surface area contributed by atoms with Gasteiger partial charge in [-0.15, -0.1) is 6.58 Å². The van der Waals surface area contributed by atoms with Gasteiger partial charge < -0.3 is 10.2 Å². The molecule has 0 saturated carbocycles. The van der Waals surface area contributed by atoms with Crippen LogP contribution in [0.4, 0.5) is 11.5 Å². The van der Waals surface area contributed by atoms with Gasteiger partial charge in [-0.2, -0.15) is 0 Å². The molecule has 1 N–H and O–H groups in total. The molecule has 0 aromatic carbocycles. The van der Waals surface area contributed by atoms with Crippen molar-refractivity contribution in [2.24, 2.45) is 5.92 Å². The average Bonchev–Trinajstić information content (AvgIpc) is 2.70. The summed E-state index contributed by atoms with van der Waals surface area (Å²) in [7, 11) is 1.73. The number of carbonyl (C=O) groups is 1. The fourth-order valence-corrected chi connectivity index (χ4v) is 2.12. The Morgan fingerprint density at radius 1 is 1.65 bits per heavy atom. The Hall–Kier alpha value is -1.62. The van der Waals surface area contributed by atoms with Crippen molar-refractivity contribution in [3.05, 3.63) is 24.1 Å². The van der Waals surface area contributed by atoms with Crippen molar-refractivity contribution in [3.8, 4) is 0 Å². The van der Waals surface area contributed by atoms with Crippen LogP contribution in [-0.2, 0) is 4.79 Å². The maximum atomic E-state index is 11.9. The maximum absolute atomic E-state index is 11.9. The van der Waals surface area contributed by atoms with E-state index < -0.39 is 0 Å². The Bertz CT molecular complexity index is 463. The summed E-state index contributed by atoms with van der Waals surface area (Å²) in [5, 5.41) is 3.19. The van der Waals surface area contributed by atoms with Crippen LogP contribution < -0.4 is 10.2 Å². The molecule has 90 valence electrons. The zero-order valence-electron chi connectivity index (χ0n) is 9.48. The van der Waals surface area contributed by atoms with E-state index in [0.29, 0.717) is 24.5 Å². The third kappa shape index (κ3) is 2.10. The number of nitrogens with one attached hydrogen (secondary N) is 1. The fourth-order valence-electron chi connectivity index (χ4n) is 1.89. The SMILES string of the molecule is C=CC1CC(=O)N(c2c(Cl)ncnc2NC)C1. The molecule has 0 aliphatic carbocycles. The lowest BCUT2D eigenvalue weighted by atomic mass is 10.1. The minimum absolute atomic E-state index is 0.0168. The summed E-state index contributed by atoms with van der Waals surface area (Å²) in [5.74, 6) is 0.731. The van der Waals surface area contributed by atoms with Gasteiger partial charge in [0.15, 0.2) is 11.0 Å². The summed E-state index contributed by atoms with van der Waals surface area (Å²) in [6.07, 6.45) is 3.61. The molecule has 1 aromatic heterocycles. The number of aromatic nitrogens is 2. The van der Waals surface area contributed by atoms with E-state index in [0.717, 1.165) is 0 Å². The largest absolute Gasteiger partial charge is 0.371 e. The Morgan fingerprint density at radius 2 is 2.41 bits per heavy atom. The highest BCUT2D eigenvalue weighted by atomic mass is 35.5. The van der Waals surface area contributed by atoms with Gasteiger partial charge in [-0.25, -0.2) is 9.97 Å². The van der Waals surface area contributed by atoms with Crippen molar-refractivity contribution < 1.29 is 4.79 Å². The van der Waals surface area contributed by atoms with E-state index >= 15 is 0 Å². The van der Waals surface area contributed by atoms with Gasteiger partial charge in [-0.05, 0) is 0 Å². The quantitative estimate of drug-likeness (QED) is 0.657. The number of rotatable bonds is 3. The molecule has 1 aliphatic heterocycles. The topological polar surface area (TPSA) is 58.1 Å². The molecule has 0 spiro atoms. The van der Waals surface area contributed by atoms with E-state index in [2.05, 4.69) is 21.9 Å². The predicted octanol–water partition coefficient (Wildman–Crippen LogP) is 1.71. The molecule has 0 bridgehead atoms. The van der Waals surface area contributed by atoms with Crippen molar-refractivity contribution in [1.29, 1.82) is 0 Å². The monoisotopic (exact) mass is 252 g/mol. The standard InChI is InChI=1S/C11H13ClN4O/c1-3-7-4-8(17)16(5-7)9-10(12)14-6-15-11(9)13-2/h3,6-7H,1,4-5H2,2H3,(H,13,14,15). The van der Waals surface area contributed by atoms with Crippen LogP contribution in [0.25, 0.3) is 0 Å². The van der Waals surface area contributed by atoms with Gasteiger partial charge in [0.2, 0.25) is 5.91 Å². The summed E-state index contributed by atoms with van der Waals surface area (Å²) >= 11 is 6.03. The molecule has 2 heterocycles. The van der Waals surface area contributed by atoms with E-state index in [4.69, 9.17) is 11.6 Å². The van der Waals surface area contributed by atoms with Gasteiger partial charge in [-0.1, -0.05) is 17.7 Å². The summed E-state index contributed by atoms with van der Waals surface area (Å²) in [5.41, 5.74) is 0.547. The van der Waals surface area contributed by atoms with Crippen LogP contribution in [0.1, 0.15) is 6.42 Å². The highest BCUT2D eigenvalue weighted by molar-refractivity contribution is 6.33. The van der Waals surface area contributed by atoms with Gasteiger partial charge in [0, 0.05) is 25.9 Å². The van der Waals surface area contributed by atoms with Crippen molar-refractivity contribution >= 4 is 29.0 Å². The Kier molecular flexibility index (Phi) is 3.28. The Labute approximate surface area is 105 Å². The first-order valence-electron chi connectivity index (χ1n) is 5.28. The second-order valence-corrected chi connectivity index (χ2v) is 4.17. The van der Waals surface area contributed by atoms with Crippen molar-refractivity contribution in [1.82, 2.24) is 9.97 Å². The number of amides is 1. The van der Waals surface area contributed by atoms with Crippen molar-refractivity contribution in [2.75, 3.05) is 23.8 Å². The smallest absolute Gasteiger partial charge is 0.227 e. The number of halogens is 1. The zero-order valence-corrected chi connectivity index (χ0v) is 10.2. The van der Waals surface area contributed by atoms with E-state index in [9.17, 15) is 4.79 Å². The average molecular weight is 253 g/mol. The first-order chi connectivity index (χ1) is 8.17. The minimum Gasteiger partial charge on any atom is -0.371 e. The Morgan fingerprint density at radius 3 is 3.00 bits per heavy atom. The van der Waals surface area contributed by atoms with Crippen LogP contribution in [0, 0.1) is 5.92 Å². The number of anilines is 2. The zero-order chi connectivity index (χ0) is 12.4. The van der Waals surface area contributed by atoms with Crippen LogP contribution in [-0.4, -0.2) is 29.5 Å². The first-order valence-corrected chi connectivity index (χ1v) is 5.66. The number of nitrogens with zero attached hydrogens (tertiary/aromatic N) is 3. The highest BCUT2D eigenvalue weighted by Gasteiger charge is 2.32. The molecule has 6 heteroatoms. The van der Waals surface area contributed by atoms with E-state index in [-0.39, 0.29) is 17.0 Å². The van der Waals surface area contributed by atoms with Gasteiger partial charge in [0.25, 0.3) is 0 Å². The lowest BCUT2D eigenvalue weighted by Gasteiger charge is -2.19. The minimum atomic E-state index is 0.0168. The van der Waals surface area contributed by atoms with Crippen LogP contribution >= 0.6 is 11.6 Å². The van der Waals surface area contributed by atoms with Gasteiger partial charge in [-0.3, -0.25) is 4.79 Å². The maximum Gasteiger partial charge on any atom is 0.227 e. The van der Waals surface area contributed by atoms with Gasteiger partial charge >= 0.3 is 0 Å². The fraction of sp³-hybridized carbons (Fsp3) is 0.364. The molecule has 0 radical (unpaired) electrons. The van der Waals surface area contributed by atoms with E-state index in [1.807, 2.05) is 0 Å². The van der Waals surface area contributed by atoms with Crippen molar-refractivity contribution in [2.45, 2.75) is 6.42 Å². The summed E-state index contributed by atoms with van der Waals surface area (Å²) < 4.78 is 0. The van der Waals surface area contributed by atoms with E-state index in [1.165, 1.54) is 6.33 Å². The molecular formula is C11H13ClN4O. The molecule has 1 aromatic rings. The lowest BCUT2D eigenvalue weighted by Crippen LogP contribution is -2.26. The lowest BCUT2D eigenvalue weighted by molar-refractivity contribution is -0.117. The molecule has 1 unspecified atom stereocenters. The van der Waals surface area contributed by atoms with Gasteiger partial charge in [0.1, 0.15) is 12.0 Å². The first kappa shape index (κ1) is 11.9. The molecule has 17 heavy (non-hydrogen) atoms. The van der Waals surface area contributed by atoms with Crippen LogP contribution in [0.3, 0.4) is 0 Å². The summed E-state index contributed by atoms with van der Waals surface area (Å²) in [6, 6.07) is 0. The molecule has 1 saturated heterocycles. The molecule has 2 rings (SSSR count). The third-order valence-corrected chi connectivity index (χ3v) is 3.05. The predicted molar refractivity (Wildman–Crippen MR) is 67.2 cm³/mol. The molecular weight excluding hydrogens is 240 g/mol. The Balaban J connectivity index is 2.40. The van der Waals surface area contributed by atoms with E-state index in [1.54, 1.807) is 18.0 Å². The number of hydrogen-bond acceptors (Lipinski definition) is 4. The highest BCUT2D eigenvalue weighted by Crippen LogP contribution is 2.34. The van der Waals surface area contributed by atoms with Crippen LogP contribution in [0.15, 0.2) is 19.0 Å². The van der Waals surface area contributed by atoms with Crippen LogP contribution in [0.2, 0.25) is 5.15 Å². The number of hydrogen-bond donors (Lipinski definition) is 1. The van der Waals surface area contributed by atoms with Crippen molar-refractivity contribution in [3.63, 3.8) is 0 Å². The molecule has 5 nitrogen and oxygen atoms in total. The number of carbonyl (C=O) groups excluding carboxylic acids is 1. The molecule has 1 atom stereocenters. The van der Waals surface area contributed by atoms with Crippen LogP contribution in [0.5, 0.6) is 0 Å². The summed E-state index contributed by atoms with van der Waals surface area (Å²) in [6.45, 7) is 4.29.